The van der Waals surface area contributed by atoms with E-state index >= 15 is 0 Å². The summed E-state index contributed by atoms with van der Waals surface area (Å²) in [4.78, 5) is 19.1. The minimum Gasteiger partial charge on any atom is -0.301 e. The fourth-order valence-electron chi connectivity index (χ4n) is 3.27. The summed E-state index contributed by atoms with van der Waals surface area (Å²) in [6, 6.07) is 14.6. The Morgan fingerprint density at radius 2 is 1.76 bits per heavy atom. The number of nitrogens with zero attached hydrogens (tertiary/aromatic N) is 3. The monoisotopic (exact) mass is 430 g/mol. The van der Waals surface area contributed by atoms with Crippen molar-refractivity contribution < 1.29 is 13.2 Å². The maximum absolute atomic E-state index is 12.8. The molecule has 1 aliphatic rings. The maximum atomic E-state index is 12.8. The Hall–Kier alpha value is -2.33. The van der Waals surface area contributed by atoms with E-state index in [0.29, 0.717) is 36.2 Å². The van der Waals surface area contributed by atoms with Crippen molar-refractivity contribution >= 4 is 42.6 Å². The van der Waals surface area contributed by atoms with E-state index in [1.165, 1.54) is 15.6 Å². The molecule has 0 spiro atoms. The smallest absolute Gasteiger partial charge is 0.243 e. The van der Waals surface area contributed by atoms with Gasteiger partial charge >= 0.3 is 0 Å². The van der Waals surface area contributed by atoms with Gasteiger partial charge in [0.15, 0.2) is 5.13 Å². The number of benzene rings is 2. The first kappa shape index (κ1) is 20.0. The van der Waals surface area contributed by atoms with Gasteiger partial charge in [0.1, 0.15) is 0 Å². The number of fused-ring (bicyclic) bond motifs is 1. The van der Waals surface area contributed by atoms with Crippen molar-refractivity contribution in [2.75, 3.05) is 38.0 Å². The molecule has 0 aliphatic carbocycles. The van der Waals surface area contributed by atoms with Gasteiger partial charge in [0.2, 0.25) is 15.9 Å². The Bertz CT molecular complexity index is 1090. The van der Waals surface area contributed by atoms with Crippen LogP contribution in [0.4, 0.5) is 5.13 Å². The van der Waals surface area contributed by atoms with Crippen molar-refractivity contribution in [3.8, 4) is 0 Å². The van der Waals surface area contributed by atoms with Gasteiger partial charge in [-0.25, -0.2) is 13.4 Å². The molecule has 152 valence electrons. The van der Waals surface area contributed by atoms with E-state index in [1.54, 1.807) is 24.3 Å². The van der Waals surface area contributed by atoms with Crippen LogP contribution in [-0.4, -0.2) is 61.2 Å². The van der Waals surface area contributed by atoms with Gasteiger partial charge in [0.25, 0.3) is 0 Å². The molecule has 0 bridgehead atoms. The number of sulfonamides is 1. The predicted molar refractivity (Wildman–Crippen MR) is 115 cm³/mol. The van der Waals surface area contributed by atoms with Crippen LogP contribution in [0.5, 0.6) is 0 Å². The molecular formula is C20H22N4O3S2. The number of nitrogens with one attached hydrogen (secondary N) is 1. The Morgan fingerprint density at radius 3 is 2.45 bits per heavy atom. The summed E-state index contributed by atoms with van der Waals surface area (Å²) in [7, 11) is -3.50. The molecule has 3 aromatic rings. The van der Waals surface area contributed by atoms with Crippen LogP contribution in [0, 0.1) is 6.92 Å². The summed E-state index contributed by atoms with van der Waals surface area (Å²) in [5, 5.41) is 3.43. The van der Waals surface area contributed by atoms with Crippen LogP contribution in [0.2, 0.25) is 0 Å². The van der Waals surface area contributed by atoms with Crippen LogP contribution in [0.15, 0.2) is 53.4 Å². The molecule has 1 aliphatic heterocycles. The molecule has 1 aromatic heterocycles. The predicted octanol–water partition coefficient (Wildman–Crippen LogP) is 2.55. The Labute approximate surface area is 174 Å². The van der Waals surface area contributed by atoms with E-state index in [4.69, 9.17) is 0 Å². The van der Waals surface area contributed by atoms with E-state index in [-0.39, 0.29) is 12.5 Å². The fraction of sp³-hybridized carbons (Fsp3) is 0.300. The number of aryl methyl sites for hydroxylation is 1. The van der Waals surface area contributed by atoms with Gasteiger partial charge in [-0.1, -0.05) is 41.2 Å². The number of piperazine rings is 1. The van der Waals surface area contributed by atoms with Gasteiger partial charge in [-0.3, -0.25) is 9.69 Å². The number of para-hydroxylation sites is 1. The van der Waals surface area contributed by atoms with Gasteiger partial charge in [0.05, 0.1) is 21.7 Å². The van der Waals surface area contributed by atoms with E-state index < -0.39 is 10.0 Å². The number of anilines is 1. The lowest BCUT2D eigenvalue weighted by atomic mass is 10.2. The van der Waals surface area contributed by atoms with Gasteiger partial charge in [-0.05, 0) is 31.2 Å². The lowest BCUT2D eigenvalue weighted by molar-refractivity contribution is -0.117. The molecule has 1 N–H and O–H groups in total. The standard InChI is InChI=1S/C20H22N4O3S2/c1-15-6-8-16(9-7-15)29(26,27)24-12-10-23(11-13-24)14-19(25)22-20-21-17-4-2-3-5-18(17)28-20/h2-9H,10-14H2,1H3,(H,21,22,25). The summed E-state index contributed by atoms with van der Waals surface area (Å²) >= 11 is 1.44. The number of carbonyl (C=O) groups excluding carboxylic acids is 1. The lowest BCUT2D eigenvalue weighted by Gasteiger charge is -2.33. The number of carbonyl (C=O) groups is 1. The molecular weight excluding hydrogens is 408 g/mol. The minimum atomic E-state index is -3.50. The molecule has 4 rings (SSSR count). The molecule has 0 radical (unpaired) electrons. The van der Waals surface area contributed by atoms with Crippen LogP contribution >= 0.6 is 11.3 Å². The van der Waals surface area contributed by atoms with Gasteiger partial charge < -0.3 is 5.32 Å². The Balaban J connectivity index is 1.32. The molecule has 29 heavy (non-hydrogen) atoms. The maximum Gasteiger partial charge on any atom is 0.243 e. The largest absolute Gasteiger partial charge is 0.301 e. The second-order valence-corrected chi connectivity index (χ2v) is 10.00. The molecule has 2 heterocycles. The van der Waals surface area contributed by atoms with E-state index in [0.717, 1.165) is 15.8 Å². The van der Waals surface area contributed by atoms with E-state index in [2.05, 4.69) is 10.3 Å². The van der Waals surface area contributed by atoms with Crippen molar-refractivity contribution in [3.05, 3.63) is 54.1 Å². The highest BCUT2D eigenvalue weighted by Crippen LogP contribution is 2.25. The molecule has 0 unspecified atom stereocenters. The topological polar surface area (TPSA) is 82.6 Å². The zero-order chi connectivity index (χ0) is 20.4. The molecule has 1 fully saturated rings. The average molecular weight is 431 g/mol. The molecule has 1 amide bonds. The lowest BCUT2D eigenvalue weighted by Crippen LogP contribution is -2.50. The molecule has 7 nitrogen and oxygen atoms in total. The Kier molecular flexibility index (Phi) is 5.64. The van der Waals surface area contributed by atoms with Crippen molar-refractivity contribution in [1.82, 2.24) is 14.2 Å². The zero-order valence-corrected chi connectivity index (χ0v) is 17.7. The van der Waals surface area contributed by atoms with Gasteiger partial charge in [-0.15, -0.1) is 0 Å². The molecule has 2 aromatic carbocycles. The van der Waals surface area contributed by atoms with Crippen LogP contribution in [0.3, 0.4) is 0 Å². The number of hydrogen-bond acceptors (Lipinski definition) is 6. The summed E-state index contributed by atoms with van der Waals surface area (Å²) in [5.41, 5.74) is 1.88. The number of amides is 1. The quantitative estimate of drug-likeness (QED) is 0.673. The third kappa shape index (κ3) is 4.48. The van der Waals surface area contributed by atoms with Gasteiger partial charge in [0, 0.05) is 26.2 Å². The number of aromatic nitrogens is 1. The van der Waals surface area contributed by atoms with Crippen LogP contribution < -0.4 is 5.32 Å². The molecule has 9 heteroatoms. The minimum absolute atomic E-state index is 0.140. The molecule has 0 saturated carbocycles. The SMILES string of the molecule is Cc1ccc(S(=O)(=O)N2CCN(CC(=O)Nc3nc4ccccc4s3)CC2)cc1. The average Bonchev–Trinajstić information content (AvgIpc) is 3.10. The zero-order valence-electron chi connectivity index (χ0n) is 16.0. The van der Waals surface area contributed by atoms with E-state index in [1.807, 2.05) is 36.1 Å². The van der Waals surface area contributed by atoms with Crippen LogP contribution in [-0.2, 0) is 14.8 Å². The van der Waals surface area contributed by atoms with Crippen molar-refractivity contribution in [3.63, 3.8) is 0 Å². The summed E-state index contributed by atoms with van der Waals surface area (Å²) in [5.74, 6) is -0.140. The van der Waals surface area contributed by atoms with Gasteiger partial charge in [-0.2, -0.15) is 4.31 Å². The Morgan fingerprint density at radius 1 is 1.07 bits per heavy atom. The third-order valence-electron chi connectivity index (χ3n) is 4.90. The summed E-state index contributed by atoms with van der Waals surface area (Å²) < 4.78 is 28.1. The fourth-order valence-corrected chi connectivity index (χ4v) is 5.58. The first-order chi connectivity index (χ1) is 13.9. The molecule has 1 saturated heterocycles. The first-order valence-corrected chi connectivity index (χ1v) is 11.6. The van der Waals surface area contributed by atoms with Crippen molar-refractivity contribution in [1.29, 1.82) is 0 Å². The second kappa shape index (κ2) is 8.19. The number of rotatable bonds is 5. The normalized spacial score (nSPS) is 16.2. The van der Waals surface area contributed by atoms with E-state index in [9.17, 15) is 13.2 Å². The second-order valence-electron chi connectivity index (χ2n) is 7.03. The third-order valence-corrected chi connectivity index (χ3v) is 7.76. The first-order valence-electron chi connectivity index (χ1n) is 9.36. The number of hydrogen-bond donors (Lipinski definition) is 1. The highest BCUT2D eigenvalue weighted by molar-refractivity contribution is 7.89. The van der Waals surface area contributed by atoms with Crippen LogP contribution in [0.25, 0.3) is 10.2 Å². The van der Waals surface area contributed by atoms with Crippen molar-refractivity contribution in [2.24, 2.45) is 0 Å². The van der Waals surface area contributed by atoms with Crippen LogP contribution in [0.1, 0.15) is 5.56 Å². The highest BCUT2D eigenvalue weighted by Gasteiger charge is 2.29. The number of thiazole rings is 1. The summed E-state index contributed by atoms with van der Waals surface area (Å²) in [6.45, 7) is 3.90. The van der Waals surface area contributed by atoms with Crippen molar-refractivity contribution in [2.45, 2.75) is 11.8 Å². The highest BCUT2D eigenvalue weighted by atomic mass is 32.2. The molecule has 0 atom stereocenters. The summed E-state index contributed by atoms with van der Waals surface area (Å²) in [6.07, 6.45) is 0.